The van der Waals surface area contributed by atoms with Gasteiger partial charge in [0.15, 0.2) is 0 Å². The maximum atomic E-state index is 10.4. The van der Waals surface area contributed by atoms with Crippen LogP contribution in [-0.2, 0) is 6.42 Å². The van der Waals surface area contributed by atoms with Crippen LogP contribution in [0, 0.1) is 29.6 Å². The lowest BCUT2D eigenvalue weighted by molar-refractivity contribution is -0.0226. The molecule has 2 N–H and O–H groups in total. The summed E-state index contributed by atoms with van der Waals surface area (Å²) in [6.07, 6.45) is 13.8. The molecule has 22 heavy (non-hydrogen) atoms. The molecule has 3 aliphatic rings. The van der Waals surface area contributed by atoms with Crippen molar-refractivity contribution in [1.82, 2.24) is 0 Å². The Morgan fingerprint density at radius 3 is 2.82 bits per heavy atom. The van der Waals surface area contributed by atoms with Crippen LogP contribution in [-0.4, -0.2) is 16.3 Å². The van der Waals surface area contributed by atoms with Gasteiger partial charge in [0.05, 0.1) is 6.10 Å². The van der Waals surface area contributed by atoms with Crippen LogP contribution in [0.1, 0.15) is 61.6 Å². The van der Waals surface area contributed by atoms with Crippen LogP contribution < -0.4 is 0 Å². The zero-order valence-corrected chi connectivity index (χ0v) is 13.1. The van der Waals surface area contributed by atoms with Gasteiger partial charge in [-0.3, -0.25) is 0 Å². The Kier molecular flexibility index (Phi) is 3.07. The first-order valence-corrected chi connectivity index (χ1v) is 8.51. The highest BCUT2D eigenvalue weighted by Gasteiger charge is 2.54. The second kappa shape index (κ2) is 4.77. The highest BCUT2D eigenvalue weighted by Crippen LogP contribution is 2.61. The minimum Gasteiger partial charge on any atom is -0.508 e. The molecule has 4 rings (SSSR count). The fraction of sp³-hybridized carbons (Fsp3) is 0.600. The van der Waals surface area contributed by atoms with E-state index in [-0.39, 0.29) is 17.3 Å². The largest absolute Gasteiger partial charge is 0.508 e. The summed E-state index contributed by atoms with van der Waals surface area (Å²) >= 11 is 0. The van der Waals surface area contributed by atoms with Gasteiger partial charge in [-0.25, -0.2) is 0 Å². The summed E-state index contributed by atoms with van der Waals surface area (Å²) in [5.41, 5.74) is 3.32. The number of phenolic OH excluding ortho intramolecular Hbond substituents is 1. The highest BCUT2D eigenvalue weighted by molar-refractivity contribution is 5.52. The average molecular weight is 295 g/mol. The van der Waals surface area contributed by atoms with Gasteiger partial charge in [-0.1, -0.05) is 12.8 Å². The lowest BCUT2D eigenvalue weighted by atomic mass is 9.55. The molecule has 2 fully saturated rings. The predicted octanol–water partition coefficient (Wildman–Crippen LogP) is 3.55. The summed E-state index contributed by atoms with van der Waals surface area (Å²) in [5.74, 6) is 4.48. The lowest BCUT2D eigenvalue weighted by Gasteiger charge is -2.50. The van der Waals surface area contributed by atoms with Gasteiger partial charge in [0, 0.05) is 5.56 Å². The molecule has 5 atom stereocenters. The third-order valence-corrected chi connectivity index (χ3v) is 6.89. The van der Waals surface area contributed by atoms with Crippen LogP contribution in [0.3, 0.4) is 0 Å². The van der Waals surface area contributed by atoms with E-state index in [0.29, 0.717) is 17.8 Å². The van der Waals surface area contributed by atoms with Gasteiger partial charge in [0.25, 0.3) is 0 Å². The molecule has 0 bridgehead atoms. The third-order valence-electron chi connectivity index (χ3n) is 6.89. The van der Waals surface area contributed by atoms with Crippen molar-refractivity contribution in [2.45, 2.75) is 57.5 Å². The van der Waals surface area contributed by atoms with Crippen molar-refractivity contribution in [3.8, 4) is 11.7 Å². The molecular formula is C20H23O2. The molecular weight excluding hydrogens is 272 g/mol. The number of aliphatic hydroxyl groups excluding tert-OH is 1. The summed E-state index contributed by atoms with van der Waals surface area (Å²) in [4.78, 5) is 0. The van der Waals surface area contributed by atoms with Crippen molar-refractivity contribution < 1.29 is 10.2 Å². The van der Waals surface area contributed by atoms with E-state index in [2.05, 4.69) is 12.8 Å². The molecule has 0 saturated heterocycles. The van der Waals surface area contributed by atoms with Crippen LogP contribution in [0.4, 0.5) is 0 Å². The standard InChI is InChI=1S/C20H23O2/c1-3-12-10-14(21)11-13-4-5-15-16(19(12)13)8-9-20(2)17(15)6-7-18(20)22/h10-11,15-18,21-22H,4-9H2,2H3/t15-,16+,17+,18-,20+/m1/s1. The van der Waals surface area contributed by atoms with E-state index in [1.165, 1.54) is 11.1 Å². The molecule has 0 aliphatic heterocycles. The van der Waals surface area contributed by atoms with Gasteiger partial charge in [-0.2, -0.15) is 0 Å². The number of hydrogen-bond acceptors (Lipinski definition) is 2. The number of fused-ring (bicyclic) bond motifs is 5. The Labute approximate surface area is 132 Å². The summed E-state index contributed by atoms with van der Waals surface area (Å²) in [6.45, 7) is 2.28. The van der Waals surface area contributed by atoms with Crippen molar-refractivity contribution in [3.05, 3.63) is 35.2 Å². The Balaban J connectivity index is 1.78. The van der Waals surface area contributed by atoms with Crippen molar-refractivity contribution >= 4 is 0 Å². The van der Waals surface area contributed by atoms with E-state index in [1.807, 2.05) is 6.07 Å². The van der Waals surface area contributed by atoms with Crippen LogP contribution in [0.25, 0.3) is 0 Å². The van der Waals surface area contributed by atoms with E-state index < -0.39 is 0 Å². The summed E-state index contributed by atoms with van der Waals surface area (Å²) in [5, 5.41) is 20.3. The maximum absolute atomic E-state index is 10.4. The average Bonchev–Trinajstić information content (AvgIpc) is 2.81. The fourth-order valence-electron chi connectivity index (χ4n) is 5.79. The number of benzene rings is 1. The van der Waals surface area contributed by atoms with Gasteiger partial charge in [0.2, 0.25) is 0 Å². The van der Waals surface area contributed by atoms with Crippen LogP contribution >= 0.6 is 0 Å². The van der Waals surface area contributed by atoms with Crippen molar-refractivity contribution in [3.63, 3.8) is 0 Å². The molecule has 2 nitrogen and oxygen atoms in total. The van der Waals surface area contributed by atoms with Gasteiger partial charge in [-0.05, 0) is 91.4 Å². The number of rotatable bonds is 0. The first kappa shape index (κ1) is 14.2. The van der Waals surface area contributed by atoms with E-state index in [0.717, 1.165) is 44.1 Å². The highest BCUT2D eigenvalue weighted by atomic mass is 16.3. The molecule has 0 spiro atoms. The molecule has 0 aromatic heterocycles. The number of hydrogen-bond donors (Lipinski definition) is 2. The van der Waals surface area contributed by atoms with Crippen LogP contribution in [0.5, 0.6) is 5.75 Å². The molecule has 115 valence electrons. The predicted molar refractivity (Wildman–Crippen MR) is 85.0 cm³/mol. The van der Waals surface area contributed by atoms with Gasteiger partial charge in [0.1, 0.15) is 5.75 Å². The summed E-state index contributed by atoms with van der Waals surface area (Å²) in [7, 11) is 0. The molecule has 0 amide bonds. The summed E-state index contributed by atoms with van der Waals surface area (Å²) in [6, 6.07) is 3.56. The van der Waals surface area contributed by atoms with E-state index in [1.54, 1.807) is 6.07 Å². The third kappa shape index (κ3) is 1.78. The summed E-state index contributed by atoms with van der Waals surface area (Å²) < 4.78 is 0. The maximum Gasteiger partial charge on any atom is 0.117 e. The SMILES string of the molecule is [C]#Cc1cc(O)cc2c1[C@H]1CC[C@]3(C)[C@H](O)CC[C@H]3[C@@H]1CC2. The first-order valence-electron chi connectivity index (χ1n) is 8.51. The monoisotopic (exact) mass is 295 g/mol. The van der Waals surface area contributed by atoms with E-state index in [9.17, 15) is 10.2 Å². The van der Waals surface area contributed by atoms with E-state index >= 15 is 0 Å². The van der Waals surface area contributed by atoms with Crippen LogP contribution in [0.15, 0.2) is 12.1 Å². The van der Waals surface area contributed by atoms with Gasteiger partial charge >= 0.3 is 0 Å². The first-order chi connectivity index (χ1) is 10.5. The minimum absolute atomic E-state index is 0.0874. The van der Waals surface area contributed by atoms with Crippen molar-refractivity contribution in [2.75, 3.05) is 0 Å². The fourth-order valence-corrected chi connectivity index (χ4v) is 5.79. The lowest BCUT2D eigenvalue weighted by Crippen LogP contribution is -2.44. The zero-order valence-electron chi connectivity index (χ0n) is 13.1. The molecule has 3 aliphatic carbocycles. The molecule has 1 aromatic carbocycles. The normalized spacial score (nSPS) is 39.5. The number of aliphatic hydroxyl groups is 1. The topological polar surface area (TPSA) is 40.5 Å². The van der Waals surface area contributed by atoms with E-state index in [4.69, 9.17) is 6.42 Å². The second-order valence-electron chi connectivity index (χ2n) is 7.74. The molecule has 0 heterocycles. The number of aryl methyl sites for hydroxylation is 1. The Morgan fingerprint density at radius 2 is 2.05 bits per heavy atom. The van der Waals surface area contributed by atoms with Crippen molar-refractivity contribution in [1.29, 1.82) is 0 Å². The molecule has 1 radical (unpaired) electrons. The Bertz CT molecular complexity index is 656. The van der Waals surface area contributed by atoms with Gasteiger partial charge < -0.3 is 10.2 Å². The molecule has 2 heteroatoms. The second-order valence-corrected chi connectivity index (χ2v) is 7.74. The molecule has 1 aromatic rings. The minimum atomic E-state index is -0.145. The van der Waals surface area contributed by atoms with Crippen LogP contribution in [0.2, 0.25) is 0 Å². The molecule has 2 saturated carbocycles. The van der Waals surface area contributed by atoms with Gasteiger partial charge in [-0.15, -0.1) is 0 Å². The quantitative estimate of drug-likeness (QED) is 0.719. The van der Waals surface area contributed by atoms with Crippen molar-refractivity contribution in [2.24, 2.45) is 17.3 Å². The smallest absolute Gasteiger partial charge is 0.117 e. The number of aromatic hydroxyl groups is 1. The number of phenols is 1. The Hall–Kier alpha value is -1.46. The zero-order chi connectivity index (χ0) is 15.5. The Morgan fingerprint density at radius 1 is 1.23 bits per heavy atom. The molecule has 0 unspecified atom stereocenters.